The Bertz CT molecular complexity index is 375. The first kappa shape index (κ1) is 12.2. The van der Waals surface area contributed by atoms with Gasteiger partial charge in [0.1, 0.15) is 0 Å². The van der Waals surface area contributed by atoms with Crippen molar-refractivity contribution < 1.29 is 5.11 Å². The van der Waals surface area contributed by atoms with E-state index in [0.717, 1.165) is 6.42 Å². The molecule has 2 aliphatic rings. The van der Waals surface area contributed by atoms with Gasteiger partial charge in [0.05, 0.1) is 6.61 Å². The van der Waals surface area contributed by atoms with E-state index in [0.29, 0.717) is 11.5 Å². The molecule has 1 aliphatic carbocycles. The van der Waals surface area contributed by atoms with E-state index in [1.165, 1.54) is 44.3 Å². The summed E-state index contributed by atoms with van der Waals surface area (Å²) in [7, 11) is 0. The van der Waals surface area contributed by atoms with Crippen molar-refractivity contribution in [3.63, 3.8) is 0 Å². The minimum atomic E-state index is 0.283. The lowest BCUT2D eigenvalue weighted by atomic mass is 9.77. The fourth-order valence-corrected chi connectivity index (χ4v) is 3.71. The number of rotatable bonds is 4. The summed E-state index contributed by atoms with van der Waals surface area (Å²) in [6, 6.07) is 10.9. The van der Waals surface area contributed by atoms with Crippen LogP contribution in [0.4, 0.5) is 0 Å². The zero-order valence-corrected chi connectivity index (χ0v) is 11.0. The van der Waals surface area contributed by atoms with E-state index in [9.17, 15) is 5.11 Å². The maximum atomic E-state index is 9.61. The SMILES string of the molecule is OC[C@@H](Cc1ccccc1)N1CC2(CCCC2)C1. The van der Waals surface area contributed by atoms with Crippen LogP contribution in [0.3, 0.4) is 0 Å². The molecule has 1 atom stereocenters. The average molecular weight is 245 g/mol. The van der Waals surface area contributed by atoms with Gasteiger partial charge in [-0.1, -0.05) is 43.2 Å². The van der Waals surface area contributed by atoms with Crippen LogP contribution in [0.25, 0.3) is 0 Å². The fourth-order valence-electron chi connectivity index (χ4n) is 3.71. The van der Waals surface area contributed by atoms with E-state index < -0.39 is 0 Å². The molecule has 0 bridgehead atoms. The zero-order valence-electron chi connectivity index (χ0n) is 11.0. The lowest BCUT2D eigenvalue weighted by molar-refractivity contribution is -0.0417. The van der Waals surface area contributed by atoms with E-state index in [2.05, 4.69) is 35.2 Å². The molecule has 1 aromatic rings. The molecular formula is C16H23NO. The summed E-state index contributed by atoms with van der Waals surface area (Å²) in [5.41, 5.74) is 1.97. The van der Waals surface area contributed by atoms with Crippen molar-refractivity contribution in [3.05, 3.63) is 35.9 Å². The van der Waals surface area contributed by atoms with E-state index >= 15 is 0 Å². The van der Waals surface area contributed by atoms with Gasteiger partial charge in [-0.2, -0.15) is 0 Å². The second-order valence-corrected chi connectivity index (χ2v) is 6.14. The molecule has 1 saturated heterocycles. The fraction of sp³-hybridized carbons (Fsp3) is 0.625. The van der Waals surface area contributed by atoms with Crippen LogP contribution in [0, 0.1) is 5.41 Å². The molecule has 1 aromatic carbocycles. The van der Waals surface area contributed by atoms with Crippen LogP contribution in [-0.4, -0.2) is 35.7 Å². The Morgan fingerprint density at radius 2 is 1.78 bits per heavy atom. The van der Waals surface area contributed by atoms with Gasteiger partial charge in [0.25, 0.3) is 0 Å². The molecule has 18 heavy (non-hydrogen) atoms. The molecule has 2 fully saturated rings. The van der Waals surface area contributed by atoms with E-state index in [1.54, 1.807) is 0 Å². The number of benzene rings is 1. The van der Waals surface area contributed by atoms with Crippen molar-refractivity contribution in [3.8, 4) is 0 Å². The smallest absolute Gasteiger partial charge is 0.0590 e. The molecule has 1 N–H and O–H groups in total. The summed E-state index contributed by atoms with van der Waals surface area (Å²) in [6.45, 7) is 2.71. The van der Waals surface area contributed by atoms with Gasteiger partial charge in [-0.05, 0) is 30.2 Å². The molecule has 2 heteroatoms. The Balaban J connectivity index is 1.58. The average Bonchev–Trinajstić information content (AvgIpc) is 2.85. The van der Waals surface area contributed by atoms with Gasteiger partial charge >= 0.3 is 0 Å². The molecule has 1 saturated carbocycles. The van der Waals surface area contributed by atoms with Crippen molar-refractivity contribution in [2.75, 3.05) is 19.7 Å². The van der Waals surface area contributed by atoms with Crippen LogP contribution >= 0.6 is 0 Å². The first-order chi connectivity index (χ1) is 8.81. The third kappa shape index (κ3) is 2.32. The van der Waals surface area contributed by atoms with Crippen molar-refractivity contribution in [2.45, 2.75) is 38.1 Å². The molecular weight excluding hydrogens is 222 g/mol. The van der Waals surface area contributed by atoms with Crippen LogP contribution in [0.5, 0.6) is 0 Å². The van der Waals surface area contributed by atoms with Crippen molar-refractivity contribution in [2.24, 2.45) is 5.41 Å². The standard InChI is InChI=1S/C16H23NO/c18-11-15(10-14-6-2-1-3-7-14)17-12-16(13-17)8-4-5-9-16/h1-3,6-7,15,18H,4-5,8-13H2/t15-/m1/s1. The topological polar surface area (TPSA) is 23.5 Å². The van der Waals surface area contributed by atoms with Crippen molar-refractivity contribution >= 4 is 0 Å². The second kappa shape index (κ2) is 5.02. The minimum Gasteiger partial charge on any atom is -0.395 e. The molecule has 0 aromatic heterocycles. The third-order valence-electron chi connectivity index (χ3n) is 4.78. The molecule has 0 amide bonds. The van der Waals surface area contributed by atoms with Gasteiger partial charge in [0, 0.05) is 19.1 Å². The lowest BCUT2D eigenvalue weighted by Crippen LogP contribution is -2.60. The Hall–Kier alpha value is -0.860. The summed E-state index contributed by atoms with van der Waals surface area (Å²) in [5.74, 6) is 0. The van der Waals surface area contributed by atoms with Crippen LogP contribution in [-0.2, 0) is 6.42 Å². The first-order valence-corrected chi connectivity index (χ1v) is 7.20. The second-order valence-electron chi connectivity index (χ2n) is 6.14. The predicted octanol–water partition coefficient (Wildman–Crippen LogP) is 2.47. The summed E-state index contributed by atoms with van der Waals surface area (Å²) in [5, 5.41) is 9.61. The van der Waals surface area contributed by atoms with E-state index in [-0.39, 0.29) is 6.61 Å². The highest BCUT2D eigenvalue weighted by Gasteiger charge is 2.46. The van der Waals surface area contributed by atoms with Crippen molar-refractivity contribution in [1.29, 1.82) is 0 Å². The summed E-state index contributed by atoms with van der Waals surface area (Å²) in [4.78, 5) is 2.48. The highest BCUT2D eigenvalue weighted by atomic mass is 16.3. The number of likely N-dealkylation sites (tertiary alicyclic amines) is 1. The molecule has 0 radical (unpaired) electrons. The lowest BCUT2D eigenvalue weighted by Gasteiger charge is -2.51. The Morgan fingerprint density at radius 1 is 1.11 bits per heavy atom. The van der Waals surface area contributed by atoms with Crippen LogP contribution in [0.2, 0.25) is 0 Å². The normalized spacial score (nSPS) is 24.1. The van der Waals surface area contributed by atoms with Gasteiger partial charge < -0.3 is 5.11 Å². The molecule has 1 aliphatic heterocycles. The monoisotopic (exact) mass is 245 g/mol. The molecule has 0 unspecified atom stereocenters. The van der Waals surface area contributed by atoms with E-state index in [4.69, 9.17) is 0 Å². The van der Waals surface area contributed by atoms with Crippen LogP contribution in [0.15, 0.2) is 30.3 Å². The maximum Gasteiger partial charge on any atom is 0.0590 e. The van der Waals surface area contributed by atoms with E-state index in [1.807, 2.05) is 0 Å². The Labute approximate surface area is 110 Å². The number of nitrogens with zero attached hydrogens (tertiary/aromatic N) is 1. The highest BCUT2D eigenvalue weighted by molar-refractivity contribution is 5.16. The summed E-state index contributed by atoms with van der Waals surface area (Å²) < 4.78 is 0. The predicted molar refractivity (Wildman–Crippen MR) is 73.5 cm³/mol. The first-order valence-electron chi connectivity index (χ1n) is 7.20. The van der Waals surface area contributed by atoms with Crippen LogP contribution in [0.1, 0.15) is 31.2 Å². The summed E-state index contributed by atoms with van der Waals surface area (Å²) >= 11 is 0. The van der Waals surface area contributed by atoms with Gasteiger partial charge in [0.15, 0.2) is 0 Å². The zero-order chi connectivity index (χ0) is 12.4. The molecule has 1 heterocycles. The molecule has 1 spiro atoms. The minimum absolute atomic E-state index is 0.283. The highest BCUT2D eigenvalue weighted by Crippen LogP contribution is 2.46. The molecule has 3 rings (SSSR count). The van der Waals surface area contributed by atoms with Crippen molar-refractivity contribution in [1.82, 2.24) is 4.90 Å². The largest absolute Gasteiger partial charge is 0.395 e. The number of aliphatic hydroxyl groups excluding tert-OH is 1. The van der Waals surface area contributed by atoms with Gasteiger partial charge in [-0.3, -0.25) is 4.90 Å². The summed E-state index contributed by atoms with van der Waals surface area (Å²) in [6.07, 6.45) is 6.63. The quantitative estimate of drug-likeness (QED) is 0.881. The van der Waals surface area contributed by atoms with Gasteiger partial charge in [0.2, 0.25) is 0 Å². The molecule has 98 valence electrons. The van der Waals surface area contributed by atoms with Gasteiger partial charge in [-0.25, -0.2) is 0 Å². The molecule has 2 nitrogen and oxygen atoms in total. The number of hydrogen-bond donors (Lipinski definition) is 1. The Kier molecular flexibility index (Phi) is 3.40. The number of hydrogen-bond acceptors (Lipinski definition) is 2. The third-order valence-corrected chi connectivity index (χ3v) is 4.78. The van der Waals surface area contributed by atoms with Gasteiger partial charge in [-0.15, -0.1) is 0 Å². The maximum absolute atomic E-state index is 9.61. The van der Waals surface area contributed by atoms with Crippen LogP contribution < -0.4 is 0 Å². The Morgan fingerprint density at radius 3 is 2.39 bits per heavy atom. The number of aliphatic hydroxyl groups is 1.